The number of nitrogens with zero attached hydrogens (tertiary/aromatic N) is 1. The number of hydrogen-bond acceptors (Lipinski definition) is 3. The van der Waals surface area contributed by atoms with Crippen LogP contribution in [0.5, 0.6) is 0 Å². The molecule has 0 aliphatic rings. The molecule has 0 fully saturated rings. The van der Waals surface area contributed by atoms with E-state index < -0.39 is 6.61 Å². The zero-order chi connectivity index (χ0) is 11.5. The van der Waals surface area contributed by atoms with Crippen LogP contribution in [0.2, 0.25) is 0 Å². The van der Waals surface area contributed by atoms with E-state index in [4.69, 9.17) is 5.11 Å². The Morgan fingerprint density at radius 3 is 2.81 bits per heavy atom. The van der Waals surface area contributed by atoms with Crippen LogP contribution in [0.15, 0.2) is 30.5 Å². The van der Waals surface area contributed by atoms with Gasteiger partial charge in [-0.2, -0.15) is 0 Å². The van der Waals surface area contributed by atoms with Gasteiger partial charge in [0.05, 0.1) is 6.54 Å². The fourth-order valence-electron chi connectivity index (χ4n) is 1.79. The Kier molecular flexibility index (Phi) is 2.83. The second-order valence-electron chi connectivity index (χ2n) is 3.46. The number of aliphatic hydroxyl groups is 1. The van der Waals surface area contributed by atoms with E-state index in [2.05, 4.69) is 0 Å². The minimum Gasteiger partial charge on any atom is -0.388 e. The molecule has 0 bridgehead atoms. The molecule has 16 heavy (non-hydrogen) atoms. The molecule has 1 aromatic carbocycles. The van der Waals surface area contributed by atoms with Gasteiger partial charge in [-0.3, -0.25) is 4.79 Å². The molecule has 0 saturated heterocycles. The van der Waals surface area contributed by atoms with Gasteiger partial charge in [-0.1, -0.05) is 18.2 Å². The second-order valence-corrected chi connectivity index (χ2v) is 3.46. The highest BCUT2D eigenvalue weighted by Crippen LogP contribution is 2.21. The predicted molar refractivity (Wildman–Crippen MR) is 59.4 cm³/mol. The maximum Gasteiger partial charge on any atom is 0.190 e. The number of hydrogen-bond donors (Lipinski definition) is 1. The summed E-state index contributed by atoms with van der Waals surface area (Å²) in [5.74, 6) is -0.333. The summed E-state index contributed by atoms with van der Waals surface area (Å²) in [4.78, 5) is 22.0. The molecule has 2 rings (SSSR count). The van der Waals surface area contributed by atoms with Gasteiger partial charge in [0.2, 0.25) is 0 Å². The fraction of sp³-hybridized carbons (Fsp3) is 0.167. The van der Waals surface area contributed by atoms with Crippen LogP contribution in [-0.2, 0) is 11.3 Å². The molecular weight excluding hydrogens is 206 g/mol. The molecule has 2 aromatic rings. The summed E-state index contributed by atoms with van der Waals surface area (Å²) in [5, 5.41) is 9.63. The van der Waals surface area contributed by atoms with E-state index in [1.807, 2.05) is 18.2 Å². The topological polar surface area (TPSA) is 59.3 Å². The third kappa shape index (κ3) is 1.63. The van der Waals surface area contributed by atoms with Gasteiger partial charge in [0.1, 0.15) is 12.9 Å². The minimum atomic E-state index is -0.519. The van der Waals surface area contributed by atoms with Crippen LogP contribution in [-0.4, -0.2) is 28.3 Å². The average Bonchev–Trinajstić information content (AvgIpc) is 2.68. The molecule has 0 saturated carbocycles. The lowest BCUT2D eigenvalue weighted by Crippen LogP contribution is -2.03. The van der Waals surface area contributed by atoms with E-state index >= 15 is 0 Å². The molecule has 82 valence electrons. The molecule has 0 unspecified atom stereocenters. The summed E-state index contributed by atoms with van der Waals surface area (Å²) in [7, 11) is 0. The van der Waals surface area contributed by atoms with E-state index in [0.29, 0.717) is 5.56 Å². The maximum atomic E-state index is 11.5. The highest BCUT2D eigenvalue weighted by atomic mass is 16.3. The summed E-state index contributed by atoms with van der Waals surface area (Å²) in [5.41, 5.74) is 1.28. The predicted octanol–water partition coefficient (Wildman–Crippen LogP) is 1.02. The minimum absolute atomic E-state index is 0.208. The lowest BCUT2D eigenvalue weighted by Gasteiger charge is -1.97. The van der Waals surface area contributed by atoms with Gasteiger partial charge in [-0.05, 0) is 6.07 Å². The molecule has 0 radical (unpaired) electrons. The highest BCUT2D eigenvalue weighted by molar-refractivity contribution is 6.08. The molecule has 0 aliphatic heterocycles. The fourth-order valence-corrected chi connectivity index (χ4v) is 1.79. The number of aromatic nitrogens is 1. The third-order valence-corrected chi connectivity index (χ3v) is 2.50. The number of carbonyl (C=O) groups excluding carboxylic acids is 2. The lowest BCUT2D eigenvalue weighted by atomic mass is 10.1. The summed E-state index contributed by atoms with van der Waals surface area (Å²) in [6.07, 6.45) is 2.39. The van der Waals surface area contributed by atoms with E-state index in [-0.39, 0.29) is 12.3 Å². The van der Waals surface area contributed by atoms with Gasteiger partial charge in [-0.25, -0.2) is 0 Å². The molecule has 0 atom stereocenters. The van der Waals surface area contributed by atoms with Crippen LogP contribution < -0.4 is 0 Å². The quantitative estimate of drug-likeness (QED) is 0.614. The van der Waals surface area contributed by atoms with Crippen LogP contribution in [0.3, 0.4) is 0 Å². The van der Waals surface area contributed by atoms with Crippen molar-refractivity contribution >= 4 is 23.0 Å². The van der Waals surface area contributed by atoms with Crippen molar-refractivity contribution in [3.8, 4) is 0 Å². The second kappa shape index (κ2) is 4.28. The Morgan fingerprint density at radius 1 is 1.38 bits per heavy atom. The number of carbonyl (C=O) groups is 2. The summed E-state index contributed by atoms with van der Waals surface area (Å²) in [6, 6.07) is 7.31. The number of ketones is 1. The summed E-state index contributed by atoms with van der Waals surface area (Å²) < 4.78 is 1.70. The van der Waals surface area contributed by atoms with Crippen molar-refractivity contribution in [3.63, 3.8) is 0 Å². The zero-order valence-electron chi connectivity index (χ0n) is 8.59. The summed E-state index contributed by atoms with van der Waals surface area (Å²) in [6.45, 7) is -0.311. The molecule has 4 nitrogen and oxygen atoms in total. The van der Waals surface area contributed by atoms with Crippen LogP contribution in [0, 0.1) is 0 Å². The number of Topliss-reactive ketones (excluding diaryl/α,β-unsaturated/α-hetero) is 1. The van der Waals surface area contributed by atoms with Gasteiger partial charge in [-0.15, -0.1) is 0 Å². The SMILES string of the molecule is O=CCn1cc(C(=O)CO)c2ccccc21. The van der Waals surface area contributed by atoms with E-state index in [1.165, 1.54) is 0 Å². The molecule has 4 heteroatoms. The van der Waals surface area contributed by atoms with E-state index in [0.717, 1.165) is 17.2 Å². The normalized spacial score (nSPS) is 10.6. The number of aliphatic hydroxyl groups excluding tert-OH is 1. The first-order valence-corrected chi connectivity index (χ1v) is 4.93. The number of fused-ring (bicyclic) bond motifs is 1. The van der Waals surface area contributed by atoms with Crippen molar-refractivity contribution in [2.45, 2.75) is 6.54 Å². The van der Waals surface area contributed by atoms with Crippen molar-refractivity contribution in [3.05, 3.63) is 36.0 Å². The maximum absolute atomic E-state index is 11.5. The molecule has 1 N–H and O–H groups in total. The summed E-state index contributed by atoms with van der Waals surface area (Å²) >= 11 is 0. The first kappa shape index (κ1) is 10.6. The smallest absolute Gasteiger partial charge is 0.190 e. The van der Waals surface area contributed by atoms with Crippen LogP contribution in [0.4, 0.5) is 0 Å². The van der Waals surface area contributed by atoms with Crippen molar-refractivity contribution < 1.29 is 14.7 Å². The van der Waals surface area contributed by atoms with Crippen LogP contribution >= 0.6 is 0 Å². The third-order valence-electron chi connectivity index (χ3n) is 2.50. The monoisotopic (exact) mass is 217 g/mol. The molecule has 1 heterocycles. The van der Waals surface area contributed by atoms with Crippen molar-refractivity contribution in [1.29, 1.82) is 0 Å². The van der Waals surface area contributed by atoms with Gasteiger partial charge < -0.3 is 14.5 Å². The Hall–Kier alpha value is -1.94. The van der Waals surface area contributed by atoms with Crippen molar-refractivity contribution in [1.82, 2.24) is 4.57 Å². The number of aldehydes is 1. The Labute approximate surface area is 92.1 Å². The Balaban J connectivity index is 2.66. The molecule has 0 spiro atoms. The number of rotatable bonds is 4. The van der Waals surface area contributed by atoms with Crippen molar-refractivity contribution in [2.75, 3.05) is 6.61 Å². The van der Waals surface area contributed by atoms with Gasteiger partial charge in [0.25, 0.3) is 0 Å². The van der Waals surface area contributed by atoms with Gasteiger partial charge >= 0.3 is 0 Å². The first-order valence-electron chi connectivity index (χ1n) is 4.93. The van der Waals surface area contributed by atoms with Crippen LogP contribution in [0.1, 0.15) is 10.4 Å². The molecule has 0 aliphatic carbocycles. The van der Waals surface area contributed by atoms with Crippen LogP contribution in [0.25, 0.3) is 10.9 Å². The van der Waals surface area contributed by atoms with E-state index in [9.17, 15) is 9.59 Å². The Bertz CT molecular complexity index is 542. The molecular formula is C12H11NO3. The Morgan fingerprint density at radius 2 is 2.12 bits per heavy atom. The van der Waals surface area contributed by atoms with Gasteiger partial charge in [0.15, 0.2) is 5.78 Å². The number of benzene rings is 1. The largest absolute Gasteiger partial charge is 0.388 e. The van der Waals surface area contributed by atoms with Crippen molar-refractivity contribution in [2.24, 2.45) is 0 Å². The number of para-hydroxylation sites is 1. The zero-order valence-corrected chi connectivity index (χ0v) is 8.59. The van der Waals surface area contributed by atoms with Gasteiger partial charge in [0, 0.05) is 22.7 Å². The standard InChI is InChI=1S/C12H11NO3/c14-6-5-13-7-10(12(16)8-15)9-3-1-2-4-11(9)13/h1-4,6-7,15H,5,8H2. The van der Waals surface area contributed by atoms with E-state index in [1.54, 1.807) is 16.8 Å². The highest BCUT2D eigenvalue weighted by Gasteiger charge is 2.13. The first-order chi connectivity index (χ1) is 7.77. The lowest BCUT2D eigenvalue weighted by molar-refractivity contribution is -0.108. The molecule has 0 amide bonds. The average molecular weight is 217 g/mol. The molecule has 1 aromatic heterocycles.